The fraction of sp³-hybridized carbons (Fsp3) is 0.0400. The van der Waals surface area contributed by atoms with Crippen LogP contribution in [0.1, 0.15) is 11.1 Å². The summed E-state index contributed by atoms with van der Waals surface area (Å²) in [5.74, 6) is -0.451. The molecule has 0 saturated heterocycles. The molecule has 1 amide bonds. The molecule has 0 fully saturated rings. The van der Waals surface area contributed by atoms with Crippen LogP contribution in [-0.4, -0.2) is 15.3 Å². The zero-order valence-electron chi connectivity index (χ0n) is 17.4. The van der Waals surface area contributed by atoms with Gasteiger partial charge < -0.3 is 10.1 Å². The van der Waals surface area contributed by atoms with E-state index in [1.165, 1.54) is 10.5 Å². The Morgan fingerprint density at radius 1 is 1.12 bits per heavy atom. The smallest absolute Gasteiger partial charge is 0.269 e. The largest absolute Gasteiger partial charge is 0.437 e. The molecule has 0 atom stereocenters. The molecule has 4 aromatic rings. The van der Waals surface area contributed by atoms with E-state index >= 15 is 0 Å². The molecule has 7 nitrogen and oxygen atoms in total. The number of halogens is 1. The molecule has 1 N–H and O–H groups in total. The Kier molecular flexibility index (Phi) is 6.20. The third kappa shape index (κ3) is 4.61. The molecule has 162 valence electrons. The first-order valence-corrected chi connectivity index (χ1v) is 10.3. The zero-order valence-corrected chi connectivity index (χ0v) is 18.2. The summed E-state index contributed by atoms with van der Waals surface area (Å²) in [7, 11) is 0. The van der Waals surface area contributed by atoms with Crippen LogP contribution < -0.4 is 15.6 Å². The number of para-hydroxylation sites is 2. The van der Waals surface area contributed by atoms with Crippen molar-refractivity contribution in [3.05, 3.63) is 105 Å². The summed E-state index contributed by atoms with van der Waals surface area (Å²) in [6.07, 6.45) is 2.72. The van der Waals surface area contributed by atoms with Crippen LogP contribution in [0.25, 0.3) is 11.7 Å². The molecule has 2 heterocycles. The molecule has 0 aliphatic heterocycles. The Balaban J connectivity index is 1.83. The Bertz CT molecular complexity index is 1500. The van der Waals surface area contributed by atoms with Gasteiger partial charge in [0.25, 0.3) is 11.5 Å². The minimum atomic E-state index is -0.659. The molecule has 0 spiro atoms. The van der Waals surface area contributed by atoms with Gasteiger partial charge in [-0.2, -0.15) is 10.2 Å². The van der Waals surface area contributed by atoms with Gasteiger partial charge in [-0.3, -0.25) is 14.0 Å². The molecule has 0 radical (unpaired) electrons. The standard InChI is InChI=1S/C25H17ClN4O3/c1-16-8-2-4-10-20(16)28-23(31)17(15-27)14-18-24(33-21-11-5-3-9-19(21)26)29-22-12-6-7-13-30(22)25(18)32/h2-14H,1H3,(H,28,31)/b17-14-. The van der Waals surface area contributed by atoms with Gasteiger partial charge in [-0.15, -0.1) is 0 Å². The first-order valence-electron chi connectivity index (χ1n) is 9.90. The van der Waals surface area contributed by atoms with Gasteiger partial charge >= 0.3 is 0 Å². The number of pyridine rings is 1. The Morgan fingerprint density at radius 3 is 2.61 bits per heavy atom. The van der Waals surface area contributed by atoms with Gasteiger partial charge in [0, 0.05) is 11.9 Å². The number of aromatic nitrogens is 2. The minimum absolute atomic E-state index is 0.0601. The number of carbonyl (C=O) groups excluding carboxylic acids is 1. The molecule has 0 saturated carbocycles. The van der Waals surface area contributed by atoms with E-state index in [4.69, 9.17) is 16.3 Å². The molecule has 0 aliphatic rings. The fourth-order valence-corrected chi connectivity index (χ4v) is 3.29. The van der Waals surface area contributed by atoms with Crippen LogP contribution in [0.5, 0.6) is 11.6 Å². The molecular formula is C25H17ClN4O3. The molecule has 0 aliphatic carbocycles. The number of aryl methyl sites for hydroxylation is 1. The predicted molar refractivity (Wildman–Crippen MR) is 126 cm³/mol. The number of fused-ring (bicyclic) bond motifs is 1. The molecule has 2 aromatic heterocycles. The highest BCUT2D eigenvalue weighted by atomic mass is 35.5. The third-order valence-electron chi connectivity index (χ3n) is 4.82. The monoisotopic (exact) mass is 456 g/mol. The van der Waals surface area contributed by atoms with Gasteiger partial charge in [-0.1, -0.05) is 48.0 Å². The number of rotatable bonds is 5. The Labute approximate surface area is 194 Å². The van der Waals surface area contributed by atoms with E-state index in [1.807, 2.05) is 25.1 Å². The van der Waals surface area contributed by atoms with Crippen molar-refractivity contribution in [3.8, 4) is 17.7 Å². The van der Waals surface area contributed by atoms with Gasteiger partial charge in [0.1, 0.15) is 28.6 Å². The second-order valence-corrected chi connectivity index (χ2v) is 7.44. The lowest BCUT2D eigenvalue weighted by Crippen LogP contribution is -2.20. The molecule has 8 heteroatoms. The summed E-state index contributed by atoms with van der Waals surface area (Å²) < 4.78 is 7.15. The average Bonchev–Trinajstić information content (AvgIpc) is 2.82. The summed E-state index contributed by atoms with van der Waals surface area (Å²) in [6, 6.07) is 20.8. The average molecular weight is 457 g/mol. The number of hydrogen-bond donors (Lipinski definition) is 1. The van der Waals surface area contributed by atoms with E-state index in [1.54, 1.807) is 60.8 Å². The van der Waals surface area contributed by atoms with Crippen molar-refractivity contribution in [2.24, 2.45) is 0 Å². The van der Waals surface area contributed by atoms with E-state index in [0.29, 0.717) is 16.4 Å². The second-order valence-electron chi connectivity index (χ2n) is 7.04. The Hall–Kier alpha value is -4.41. The number of anilines is 1. The Morgan fingerprint density at radius 2 is 1.85 bits per heavy atom. The minimum Gasteiger partial charge on any atom is -0.437 e. The van der Waals surface area contributed by atoms with E-state index < -0.39 is 11.5 Å². The number of nitriles is 1. The number of nitrogens with zero attached hydrogens (tertiary/aromatic N) is 3. The first kappa shape index (κ1) is 21.8. The van der Waals surface area contributed by atoms with Crippen LogP contribution in [0.15, 0.2) is 83.3 Å². The highest BCUT2D eigenvalue weighted by Gasteiger charge is 2.18. The van der Waals surface area contributed by atoms with Crippen LogP contribution in [0.2, 0.25) is 5.02 Å². The first-order chi connectivity index (χ1) is 16.0. The SMILES string of the molecule is Cc1ccccc1NC(=O)/C(C#N)=C\c1c(Oc2ccccc2Cl)nc2ccccn2c1=O. The second kappa shape index (κ2) is 9.39. The number of amides is 1. The number of benzene rings is 2. The molecular weight excluding hydrogens is 440 g/mol. The van der Waals surface area contributed by atoms with Crippen LogP contribution in [0.3, 0.4) is 0 Å². The third-order valence-corrected chi connectivity index (χ3v) is 5.14. The van der Waals surface area contributed by atoms with E-state index in [2.05, 4.69) is 10.3 Å². The van der Waals surface area contributed by atoms with E-state index in [9.17, 15) is 14.9 Å². The summed E-state index contributed by atoms with van der Waals surface area (Å²) in [6.45, 7) is 1.83. The van der Waals surface area contributed by atoms with Gasteiger partial charge in [-0.05, 0) is 48.9 Å². The van der Waals surface area contributed by atoms with Crippen LogP contribution in [0, 0.1) is 18.3 Å². The highest BCUT2D eigenvalue weighted by Crippen LogP contribution is 2.30. The van der Waals surface area contributed by atoms with Crippen molar-refractivity contribution in [1.82, 2.24) is 9.38 Å². The van der Waals surface area contributed by atoms with Crippen molar-refractivity contribution in [3.63, 3.8) is 0 Å². The number of ether oxygens (including phenoxy) is 1. The molecule has 0 unspecified atom stereocenters. The molecule has 33 heavy (non-hydrogen) atoms. The highest BCUT2D eigenvalue weighted by molar-refractivity contribution is 6.32. The van der Waals surface area contributed by atoms with Crippen LogP contribution >= 0.6 is 11.6 Å². The topological polar surface area (TPSA) is 96.5 Å². The van der Waals surface area contributed by atoms with Crippen LogP contribution in [-0.2, 0) is 4.79 Å². The van der Waals surface area contributed by atoms with Gasteiger partial charge in [0.15, 0.2) is 0 Å². The lowest BCUT2D eigenvalue weighted by atomic mass is 10.1. The summed E-state index contributed by atoms with van der Waals surface area (Å²) in [5.41, 5.74) is 0.888. The number of carbonyl (C=O) groups is 1. The maximum atomic E-state index is 13.2. The maximum absolute atomic E-state index is 13.2. The normalized spacial score (nSPS) is 11.1. The van der Waals surface area contributed by atoms with Gasteiger partial charge in [0.05, 0.1) is 5.02 Å². The summed E-state index contributed by atoms with van der Waals surface area (Å²) in [4.78, 5) is 30.5. The predicted octanol–water partition coefficient (Wildman–Crippen LogP) is 4.99. The molecule has 2 aromatic carbocycles. The zero-order chi connectivity index (χ0) is 23.4. The number of nitrogens with one attached hydrogen (secondary N) is 1. The lowest BCUT2D eigenvalue weighted by Gasteiger charge is -2.11. The van der Waals surface area contributed by atoms with Gasteiger partial charge in [-0.25, -0.2) is 0 Å². The summed E-state index contributed by atoms with van der Waals surface area (Å²) >= 11 is 6.21. The number of hydrogen-bond acceptors (Lipinski definition) is 5. The van der Waals surface area contributed by atoms with Crippen molar-refractivity contribution in [2.45, 2.75) is 6.92 Å². The van der Waals surface area contributed by atoms with Crippen molar-refractivity contribution < 1.29 is 9.53 Å². The quantitative estimate of drug-likeness (QED) is 0.337. The van der Waals surface area contributed by atoms with E-state index in [-0.39, 0.29) is 22.8 Å². The van der Waals surface area contributed by atoms with E-state index in [0.717, 1.165) is 5.56 Å². The van der Waals surface area contributed by atoms with Crippen molar-refractivity contribution in [1.29, 1.82) is 5.26 Å². The lowest BCUT2D eigenvalue weighted by molar-refractivity contribution is -0.112. The van der Waals surface area contributed by atoms with Gasteiger partial charge in [0.2, 0.25) is 5.88 Å². The van der Waals surface area contributed by atoms with Crippen molar-refractivity contribution >= 4 is 34.9 Å². The van der Waals surface area contributed by atoms with Crippen LogP contribution in [0.4, 0.5) is 5.69 Å². The summed E-state index contributed by atoms with van der Waals surface area (Å²) in [5, 5.41) is 12.7. The maximum Gasteiger partial charge on any atom is 0.269 e. The molecule has 0 bridgehead atoms. The fourth-order valence-electron chi connectivity index (χ4n) is 3.11. The molecule has 4 rings (SSSR count). The van der Waals surface area contributed by atoms with Crippen molar-refractivity contribution in [2.75, 3.05) is 5.32 Å².